The summed E-state index contributed by atoms with van der Waals surface area (Å²) in [6, 6.07) is 5.39. The minimum Gasteiger partial charge on any atom is -0.506 e. The number of hydrogen-bond donors (Lipinski definition) is 3. The fraction of sp³-hybridized carbons (Fsp3) is 0.0833. The van der Waals surface area contributed by atoms with Crippen molar-refractivity contribution < 1.29 is 5.11 Å². The molecule has 0 radical (unpaired) electrons. The predicted molar refractivity (Wildman–Crippen MR) is 66.6 cm³/mol. The molecular formula is C12H12N4O. The van der Waals surface area contributed by atoms with Crippen LogP contribution in [-0.4, -0.2) is 19.9 Å². The van der Waals surface area contributed by atoms with E-state index in [-0.39, 0.29) is 5.75 Å². The van der Waals surface area contributed by atoms with E-state index < -0.39 is 0 Å². The second-order valence-electron chi connectivity index (χ2n) is 3.97. The van der Waals surface area contributed by atoms with Gasteiger partial charge in [0.05, 0.1) is 23.1 Å². The zero-order valence-corrected chi connectivity index (χ0v) is 9.31. The third-order valence-electron chi connectivity index (χ3n) is 2.92. The minimum absolute atomic E-state index is 0.231. The Kier molecular flexibility index (Phi) is 1.89. The number of nitrogens with two attached hydrogens (primary N) is 1. The molecule has 1 aromatic carbocycles. The van der Waals surface area contributed by atoms with Gasteiger partial charge in [-0.1, -0.05) is 12.1 Å². The van der Waals surface area contributed by atoms with Crippen LogP contribution >= 0.6 is 0 Å². The molecule has 0 spiro atoms. The third kappa shape index (κ3) is 1.29. The highest BCUT2D eigenvalue weighted by Gasteiger charge is 2.14. The number of aromatic hydroxyl groups is 1. The molecule has 0 unspecified atom stereocenters. The highest BCUT2D eigenvalue weighted by Crippen LogP contribution is 2.34. The first-order chi connectivity index (χ1) is 8.18. The molecule has 4 N–H and O–H groups in total. The molecule has 0 aliphatic carbocycles. The van der Waals surface area contributed by atoms with E-state index in [0.29, 0.717) is 11.2 Å². The monoisotopic (exact) mass is 228 g/mol. The summed E-state index contributed by atoms with van der Waals surface area (Å²) in [5.41, 5.74) is 9.02. The van der Waals surface area contributed by atoms with Crippen LogP contribution in [0.25, 0.3) is 22.2 Å². The van der Waals surface area contributed by atoms with Gasteiger partial charge in [-0.25, -0.2) is 0 Å². The summed E-state index contributed by atoms with van der Waals surface area (Å²) in [4.78, 5) is 3.05. The van der Waals surface area contributed by atoms with E-state index in [1.54, 1.807) is 16.9 Å². The van der Waals surface area contributed by atoms with Crippen LogP contribution in [0.5, 0.6) is 5.75 Å². The molecule has 0 bridgehead atoms. The Morgan fingerprint density at radius 1 is 1.41 bits per heavy atom. The van der Waals surface area contributed by atoms with Gasteiger partial charge in [0.2, 0.25) is 0 Å². The Labute approximate surface area is 97.5 Å². The van der Waals surface area contributed by atoms with E-state index in [9.17, 15) is 5.11 Å². The maximum Gasteiger partial charge on any atom is 0.139 e. The number of nitrogens with zero attached hydrogens (tertiary/aromatic N) is 2. The average Bonchev–Trinajstić information content (AvgIpc) is 2.84. The van der Waals surface area contributed by atoms with Crippen molar-refractivity contribution in [3.05, 3.63) is 30.6 Å². The van der Waals surface area contributed by atoms with Crippen molar-refractivity contribution in [3.8, 4) is 17.0 Å². The molecule has 3 rings (SSSR count). The van der Waals surface area contributed by atoms with Crippen LogP contribution < -0.4 is 5.73 Å². The zero-order chi connectivity index (χ0) is 12.0. The largest absolute Gasteiger partial charge is 0.506 e. The summed E-state index contributed by atoms with van der Waals surface area (Å²) >= 11 is 0. The van der Waals surface area contributed by atoms with Crippen LogP contribution in [0.2, 0.25) is 0 Å². The molecule has 2 heterocycles. The zero-order valence-electron chi connectivity index (χ0n) is 9.31. The number of anilines is 1. The number of aromatic amines is 1. The highest BCUT2D eigenvalue weighted by molar-refractivity contribution is 5.99. The molecule has 86 valence electrons. The molecule has 0 aliphatic heterocycles. The van der Waals surface area contributed by atoms with Gasteiger partial charge in [-0.2, -0.15) is 5.10 Å². The van der Waals surface area contributed by atoms with E-state index in [0.717, 1.165) is 16.6 Å². The van der Waals surface area contributed by atoms with Crippen molar-refractivity contribution >= 4 is 16.6 Å². The Morgan fingerprint density at radius 3 is 2.94 bits per heavy atom. The number of phenolic OH excluding ortho intramolecular Hbond substituents is 1. The number of benzene rings is 1. The summed E-state index contributed by atoms with van der Waals surface area (Å²) < 4.78 is 1.72. The summed E-state index contributed by atoms with van der Waals surface area (Å²) in [5, 5.41) is 14.8. The number of aromatic nitrogens is 3. The van der Waals surface area contributed by atoms with Gasteiger partial charge in [-0.05, 0) is 6.07 Å². The molecule has 5 nitrogen and oxygen atoms in total. The molecule has 0 amide bonds. The van der Waals surface area contributed by atoms with Crippen LogP contribution in [-0.2, 0) is 7.05 Å². The molecule has 0 aliphatic rings. The fourth-order valence-electron chi connectivity index (χ4n) is 2.12. The van der Waals surface area contributed by atoms with Gasteiger partial charge in [0.1, 0.15) is 5.75 Å². The molecule has 0 atom stereocenters. The first-order valence-corrected chi connectivity index (χ1v) is 5.25. The maximum absolute atomic E-state index is 9.74. The Bertz CT molecular complexity index is 676. The van der Waals surface area contributed by atoms with Crippen molar-refractivity contribution in [2.24, 2.45) is 7.05 Å². The summed E-state index contributed by atoms with van der Waals surface area (Å²) in [6.07, 6.45) is 3.45. The second-order valence-corrected chi connectivity index (χ2v) is 3.97. The van der Waals surface area contributed by atoms with Gasteiger partial charge in [0, 0.05) is 24.2 Å². The number of rotatable bonds is 1. The van der Waals surface area contributed by atoms with Crippen LogP contribution in [0.15, 0.2) is 30.6 Å². The van der Waals surface area contributed by atoms with E-state index in [1.165, 1.54) is 0 Å². The van der Waals surface area contributed by atoms with Gasteiger partial charge >= 0.3 is 0 Å². The number of para-hydroxylation sites is 1. The molecule has 5 heteroatoms. The molecule has 3 aromatic rings. The molecule has 0 saturated carbocycles. The Balaban J connectivity index is 2.36. The topological polar surface area (TPSA) is 79.9 Å². The van der Waals surface area contributed by atoms with E-state index in [4.69, 9.17) is 5.73 Å². The second kappa shape index (κ2) is 3.28. The number of nitrogens with one attached hydrogen (secondary N) is 1. The van der Waals surface area contributed by atoms with E-state index in [2.05, 4.69) is 10.1 Å². The van der Waals surface area contributed by atoms with Crippen LogP contribution in [0.1, 0.15) is 0 Å². The fourth-order valence-corrected chi connectivity index (χ4v) is 2.12. The highest BCUT2D eigenvalue weighted by atomic mass is 16.3. The Morgan fingerprint density at radius 2 is 2.24 bits per heavy atom. The van der Waals surface area contributed by atoms with Crippen LogP contribution in [0.3, 0.4) is 0 Å². The quantitative estimate of drug-likeness (QED) is 0.594. The molecule has 0 saturated heterocycles. The lowest BCUT2D eigenvalue weighted by molar-refractivity contribution is 0.480. The first kappa shape index (κ1) is 9.77. The lowest BCUT2D eigenvalue weighted by atomic mass is 10.1. The third-order valence-corrected chi connectivity index (χ3v) is 2.92. The SMILES string of the molecule is Cn1ncc(N)c1-c1c[nH]c2c(O)cccc12. The molecule has 17 heavy (non-hydrogen) atoms. The number of aryl methyl sites for hydroxylation is 1. The van der Waals surface area contributed by atoms with Crippen molar-refractivity contribution in [1.29, 1.82) is 0 Å². The Hall–Kier alpha value is -2.43. The van der Waals surface area contributed by atoms with E-state index in [1.807, 2.05) is 25.4 Å². The van der Waals surface area contributed by atoms with E-state index >= 15 is 0 Å². The average molecular weight is 228 g/mol. The molecule has 0 fully saturated rings. The summed E-state index contributed by atoms with van der Waals surface area (Å²) in [6.45, 7) is 0. The van der Waals surface area contributed by atoms with Crippen molar-refractivity contribution in [2.45, 2.75) is 0 Å². The number of hydrogen-bond acceptors (Lipinski definition) is 3. The van der Waals surface area contributed by atoms with Gasteiger partial charge in [0.25, 0.3) is 0 Å². The smallest absolute Gasteiger partial charge is 0.139 e. The van der Waals surface area contributed by atoms with Gasteiger partial charge < -0.3 is 15.8 Å². The van der Waals surface area contributed by atoms with Gasteiger partial charge in [0.15, 0.2) is 0 Å². The first-order valence-electron chi connectivity index (χ1n) is 5.25. The molecular weight excluding hydrogens is 216 g/mol. The van der Waals surface area contributed by atoms with Crippen molar-refractivity contribution in [2.75, 3.05) is 5.73 Å². The minimum atomic E-state index is 0.231. The maximum atomic E-state index is 9.74. The summed E-state index contributed by atoms with van der Waals surface area (Å²) in [7, 11) is 1.84. The number of fused-ring (bicyclic) bond motifs is 1. The summed E-state index contributed by atoms with van der Waals surface area (Å²) in [5.74, 6) is 0.231. The van der Waals surface area contributed by atoms with Crippen LogP contribution in [0, 0.1) is 0 Å². The van der Waals surface area contributed by atoms with Gasteiger partial charge in [-0.15, -0.1) is 0 Å². The number of nitrogen functional groups attached to an aromatic ring is 1. The lowest BCUT2D eigenvalue weighted by Gasteiger charge is -2.02. The lowest BCUT2D eigenvalue weighted by Crippen LogP contribution is -1.95. The number of phenols is 1. The van der Waals surface area contributed by atoms with Crippen molar-refractivity contribution in [3.63, 3.8) is 0 Å². The number of H-pyrrole nitrogens is 1. The van der Waals surface area contributed by atoms with Crippen LogP contribution in [0.4, 0.5) is 5.69 Å². The standard InChI is InChI=1S/C12H12N4O/c1-16-12(9(13)6-15-16)8-5-14-11-7(8)3-2-4-10(11)17/h2-6,14,17H,13H2,1H3. The predicted octanol–water partition coefficient (Wildman–Crippen LogP) is 1.86. The molecule has 2 aromatic heterocycles. The van der Waals surface area contributed by atoms with Crippen molar-refractivity contribution in [1.82, 2.24) is 14.8 Å². The normalized spacial score (nSPS) is 11.1. The van der Waals surface area contributed by atoms with Gasteiger partial charge in [-0.3, -0.25) is 4.68 Å².